The number of rotatable bonds is 5. The highest BCUT2D eigenvalue weighted by atomic mass is 19.4. The molecule has 0 bridgehead atoms. The molecule has 2 aliphatic rings. The lowest BCUT2D eigenvalue weighted by Crippen LogP contribution is -2.37. The van der Waals surface area contributed by atoms with Crippen molar-refractivity contribution in [3.63, 3.8) is 0 Å². The van der Waals surface area contributed by atoms with Crippen LogP contribution in [0.15, 0.2) is 59.8 Å². The van der Waals surface area contributed by atoms with E-state index < -0.39 is 6.36 Å². The van der Waals surface area contributed by atoms with Crippen molar-refractivity contribution < 1.29 is 22.7 Å². The van der Waals surface area contributed by atoms with Gasteiger partial charge in [0.05, 0.1) is 6.54 Å². The maximum Gasteiger partial charge on any atom is 0.573 e. The largest absolute Gasteiger partial charge is 0.573 e. The molecule has 0 atom stereocenters. The van der Waals surface area contributed by atoms with Crippen molar-refractivity contribution in [1.29, 1.82) is 0 Å². The van der Waals surface area contributed by atoms with Gasteiger partial charge in [-0.2, -0.15) is 0 Å². The Hall–Kier alpha value is -2.74. The summed E-state index contributed by atoms with van der Waals surface area (Å²) >= 11 is 0. The molecule has 1 aromatic rings. The first kappa shape index (κ1) is 19.0. The van der Waals surface area contributed by atoms with Crippen molar-refractivity contribution in [1.82, 2.24) is 10.2 Å². The van der Waals surface area contributed by atoms with E-state index >= 15 is 0 Å². The molecular weight excluding hydrogens is 359 g/mol. The molecule has 2 heterocycles. The molecule has 0 fully saturated rings. The maximum absolute atomic E-state index is 12.2. The molecule has 3 rings (SSSR count). The molecule has 2 aliphatic heterocycles. The van der Waals surface area contributed by atoms with Crippen LogP contribution in [0.2, 0.25) is 0 Å². The van der Waals surface area contributed by atoms with E-state index in [4.69, 9.17) is 0 Å². The molecule has 0 aliphatic carbocycles. The molecule has 0 aromatic heterocycles. The van der Waals surface area contributed by atoms with E-state index in [1.54, 1.807) is 0 Å². The summed E-state index contributed by atoms with van der Waals surface area (Å²) in [5.41, 5.74) is 2.80. The Morgan fingerprint density at radius 2 is 2.04 bits per heavy atom. The molecule has 27 heavy (non-hydrogen) atoms. The van der Waals surface area contributed by atoms with Gasteiger partial charge in [-0.3, -0.25) is 9.69 Å². The van der Waals surface area contributed by atoms with Gasteiger partial charge >= 0.3 is 6.36 Å². The first-order chi connectivity index (χ1) is 12.9. The third kappa shape index (κ3) is 5.89. The van der Waals surface area contributed by atoms with Gasteiger partial charge in [0, 0.05) is 31.0 Å². The van der Waals surface area contributed by atoms with Crippen LogP contribution in [-0.2, 0) is 4.79 Å². The molecule has 0 saturated heterocycles. The Morgan fingerprint density at radius 3 is 2.63 bits per heavy atom. The van der Waals surface area contributed by atoms with Crippen LogP contribution in [0.4, 0.5) is 18.9 Å². The van der Waals surface area contributed by atoms with Gasteiger partial charge in [0.25, 0.3) is 0 Å². The lowest BCUT2D eigenvalue weighted by Gasteiger charge is -2.27. The number of allylic oxidation sites excluding steroid dienone is 3. The Kier molecular flexibility index (Phi) is 5.85. The van der Waals surface area contributed by atoms with Crippen LogP contribution in [0.1, 0.15) is 6.42 Å². The van der Waals surface area contributed by atoms with Crippen molar-refractivity contribution in [3.8, 4) is 5.75 Å². The van der Waals surface area contributed by atoms with Gasteiger partial charge in [0.2, 0.25) is 5.91 Å². The number of alkyl halides is 3. The second kappa shape index (κ2) is 8.30. The highest BCUT2D eigenvalue weighted by Gasteiger charge is 2.31. The third-order valence-corrected chi connectivity index (χ3v) is 4.19. The predicted molar refractivity (Wildman–Crippen MR) is 96.1 cm³/mol. The molecule has 144 valence electrons. The first-order valence-corrected chi connectivity index (χ1v) is 8.57. The number of dihydropyridines is 1. The fourth-order valence-corrected chi connectivity index (χ4v) is 2.92. The van der Waals surface area contributed by atoms with Gasteiger partial charge in [0.15, 0.2) is 0 Å². The van der Waals surface area contributed by atoms with Gasteiger partial charge in [0.1, 0.15) is 5.75 Å². The minimum atomic E-state index is -4.73. The molecule has 0 saturated carbocycles. The van der Waals surface area contributed by atoms with Crippen LogP contribution in [0.3, 0.4) is 0 Å². The standard InChI is InChI=1S/C19H20F3N3O2/c20-19(21,22)27-16-6-4-15(5-7-16)24-18(26)13-25-11-8-14(9-12-25)17-3-1-2-10-23-17/h1-8,23H,9-13H2,(H,24,26). The summed E-state index contributed by atoms with van der Waals surface area (Å²) in [6.07, 6.45) is 4.35. The summed E-state index contributed by atoms with van der Waals surface area (Å²) in [6.45, 7) is 2.48. The first-order valence-electron chi connectivity index (χ1n) is 8.57. The van der Waals surface area contributed by atoms with Crippen molar-refractivity contribution in [3.05, 3.63) is 59.8 Å². The Balaban J connectivity index is 1.48. The Morgan fingerprint density at radius 1 is 1.26 bits per heavy atom. The molecule has 8 heteroatoms. The minimum Gasteiger partial charge on any atom is -0.406 e. The predicted octanol–water partition coefficient (Wildman–Crippen LogP) is 3.20. The molecule has 1 amide bonds. The summed E-state index contributed by atoms with van der Waals surface area (Å²) in [5.74, 6) is -0.538. The molecule has 2 N–H and O–H groups in total. The summed E-state index contributed by atoms with van der Waals surface area (Å²) < 4.78 is 40.2. The number of carbonyl (C=O) groups excluding carboxylic acids is 1. The zero-order valence-corrected chi connectivity index (χ0v) is 14.6. The third-order valence-electron chi connectivity index (χ3n) is 4.19. The zero-order chi connectivity index (χ0) is 19.3. The SMILES string of the molecule is O=C(CN1CC=C(C2=CC=CCN2)CC1)Nc1ccc(OC(F)(F)F)cc1. The van der Waals surface area contributed by atoms with E-state index in [2.05, 4.69) is 21.4 Å². The monoisotopic (exact) mass is 379 g/mol. The van der Waals surface area contributed by atoms with E-state index in [1.807, 2.05) is 23.1 Å². The van der Waals surface area contributed by atoms with Crippen molar-refractivity contribution >= 4 is 11.6 Å². The second-order valence-electron chi connectivity index (χ2n) is 6.22. The Bertz CT molecular complexity index is 767. The number of amides is 1. The van der Waals surface area contributed by atoms with E-state index in [0.29, 0.717) is 12.2 Å². The molecule has 0 spiro atoms. The fourth-order valence-electron chi connectivity index (χ4n) is 2.92. The molecular formula is C19H20F3N3O2. The highest BCUT2D eigenvalue weighted by molar-refractivity contribution is 5.92. The van der Waals surface area contributed by atoms with E-state index in [1.165, 1.54) is 29.8 Å². The van der Waals surface area contributed by atoms with Gasteiger partial charge in [-0.1, -0.05) is 18.2 Å². The lowest BCUT2D eigenvalue weighted by molar-refractivity contribution is -0.274. The quantitative estimate of drug-likeness (QED) is 0.825. The summed E-state index contributed by atoms with van der Waals surface area (Å²) in [7, 11) is 0. The summed E-state index contributed by atoms with van der Waals surface area (Å²) in [5, 5.41) is 6.01. The molecule has 1 aromatic carbocycles. The van der Waals surface area contributed by atoms with Crippen molar-refractivity contribution in [2.45, 2.75) is 12.8 Å². The average molecular weight is 379 g/mol. The molecule has 0 radical (unpaired) electrons. The van der Waals surface area contributed by atoms with Crippen LogP contribution >= 0.6 is 0 Å². The highest BCUT2D eigenvalue weighted by Crippen LogP contribution is 2.24. The average Bonchev–Trinajstić information content (AvgIpc) is 2.63. The molecule has 0 unspecified atom stereocenters. The van der Waals surface area contributed by atoms with E-state index in [0.717, 1.165) is 25.2 Å². The summed E-state index contributed by atoms with van der Waals surface area (Å²) in [6, 6.07) is 5.08. The van der Waals surface area contributed by atoms with Gasteiger partial charge in [-0.15, -0.1) is 13.2 Å². The van der Waals surface area contributed by atoms with Crippen LogP contribution in [0.5, 0.6) is 5.75 Å². The number of carbonyl (C=O) groups is 1. The van der Waals surface area contributed by atoms with Gasteiger partial charge < -0.3 is 15.4 Å². The number of halogens is 3. The van der Waals surface area contributed by atoms with Gasteiger partial charge in [-0.25, -0.2) is 0 Å². The van der Waals surface area contributed by atoms with E-state index in [9.17, 15) is 18.0 Å². The number of nitrogens with zero attached hydrogens (tertiary/aromatic N) is 1. The minimum absolute atomic E-state index is 0.214. The topological polar surface area (TPSA) is 53.6 Å². The van der Waals surface area contributed by atoms with Crippen LogP contribution in [-0.4, -0.2) is 43.3 Å². The Labute approximate surface area is 155 Å². The fraction of sp³-hybridized carbons (Fsp3) is 0.316. The number of anilines is 1. The maximum atomic E-state index is 12.2. The van der Waals surface area contributed by atoms with E-state index in [-0.39, 0.29) is 18.2 Å². The number of benzene rings is 1. The van der Waals surface area contributed by atoms with Crippen LogP contribution in [0, 0.1) is 0 Å². The number of ether oxygens (including phenoxy) is 1. The second-order valence-corrected chi connectivity index (χ2v) is 6.22. The number of nitrogens with one attached hydrogen (secondary N) is 2. The zero-order valence-electron chi connectivity index (χ0n) is 14.6. The number of hydrogen-bond donors (Lipinski definition) is 2. The molecule has 5 nitrogen and oxygen atoms in total. The lowest BCUT2D eigenvalue weighted by atomic mass is 10.0. The van der Waals surface area contributed by atoms with Crippen molar-refractivity contribution in [2.24, 2.45) is 0 Å². The summed E-state index contributed by atoms with van der Waals surface area (Å²) in [4.78, 5) is 14.2. The van der Waals surface area contributed by atoms with Crippen molar-refractivity contribution in [2.75, 3.05) is 31.5 Å². The number of hydrogen-bond acceptors (Lipinski definition) is 4. The normalized spacial score (nSPS) is 17.6. The van der Waals surface area contributed by atoms with Crippen LogP contribution < -0.4 is 15.4 Å². The van der Waals surface area contributed by atoms with Crippen LogP contribution in [0.25, 0.3) is 0 Å². The van der Waals surface area contributed by atoms with Gasteiger partial charge in [-0.05, 0) is 42.3 Å². The smallest absolute Gasteiger partial charge is 0.406 e.